The van der Waals surface area contributed by atoms with Crippen LogP contribution in [0.15, 0.2) is 57.8 Å². The molecule has 6 heterocycles. The normalized spacial score (nSPS) is 23.5. The van der Waals surface area contributed by atoms with Crippen LogP contribution in [0.2, 0.25) is 0 Å². The molecule has 1 aliphatic carbocycles. The highest BCUT2D eigenvalue weighted by molar-refractivity contribution is 9.10. The van der Waals surface area contributed by atoms with E-state index in [1.54, 1.807) is 0 Å². The van der Waals surface area contributed by atoms with Crippen LogP contribution in [0.4, 0.5) is 20.2 Å². The molecule has 10 rings (SSSR count). The summed E-state index contributed by atoms with van der Waals surface area (Å²) in [5.74, 6) is -1.11. The molecular weight excluding hydrogens is 780 g/mol. The number of rotatable bonds is 5. The van der Waals surface area contributed by atoms with Gasteiger partial charge < -0.3 is 14.5 Å². The minimum atomic E-state index is -0.899. The molecule has 5 fully saturated rings. The Bertz CT molecular complexity index is 2280. The maximum atomic E-state index is 15.2. The fraction of sp³-hybridized carbons (Fsp3) is 0.500. The number of imide groups is 1. The third-order valence-corrected chi connectivity index (χ3v) is 14.5. The van der Waals surface area contributed by atoms with Crippen LogP contribution in [0.1, 0.15) is 99.9 Å². The van der Waals surface area contributed by atoms with Gasteiger partial charge in [-0.2, -0.15) is 4.98 Å². The third kappa shape index (κ3) is 5.87. The van der Waals surface area contributed by atoms with Crippen molar-refractivity contribution in [2.24, 2.45) is 5.92 Å². The van der Waals surface area contributed by atoms with Crippen LogP contribution in [0.5, 0.6) is 0 Å². The smallest absolute Gasteiger partial charge is 0.281 e. The number of piperidine rings is 2. The number of ether oxygens (including phenoxy) is 1. The molecule has 4 saturated heterocycles. The van der Waals surface area contributed by atoms with Gasteiger partial charge in [0.1, 0.15) is 17.1 Å². The van der Waals surface area contributed by atoms with Crippen molar-refractivity contribution < 1.29 is 23.1 Å². The average molecular weight is 827 g/mol. The Morgan fingerprint density at radius 2 is 1.59 bits per heavy atom. The number of likely N-dealkylation sites (tertiary alicyclic amines) is 1. The van der Waals surface area contributed by atoms with Gasteiger partial charge in [-0.15, -0.1) is 0 Å². The highest BCUT2D eigenvalue weighted by Crippen LogP contribution is 2.52. The number of carbonyl (C=O) groups excluding carboxylic acids is 2. The van der Waals surface area contributed by atoms with Crippen molar-refractivity contribution in [3.8, 4) is 5.69 Å². The molecule has 56 heavy (non-hydrogen) atoms. The van der Waals surface area contributed by atoms with Crippen LogP contribution in [-0.2, 0) is 19.7 Å². The molecule has 12 heteroatoms. The van der Waals surface area contributed by atoms with E-state index in [-0.39, 0.29) is 29.4 Å². The summed E-state index contributed by atoms with van der Waals surface area (Å²) in [6.45, 7) is 4.83. The Labute approximate surface area is 333 Å². The first-order valence-electron chi connectivity index (χ1n) is 20.5. The van der Waals surface area contributed by atoms with Gasteiger partial charge in [0.15, 0.2) is 11.6 Å². The summed E-state index contributed by atoms with van der Waals surface area (Å²) in [7, 11) is 0. The quantitative estimate of drug-likeness (QED) is 0.189. The SMILES string of the molecule is O=C1CCCC(=O)N1c1c(F)cc(N2CC3(CCC(CN4CCC(c5ccc6c(c5)-n5c(nc(=O)c7c(Br)cccc75)C65CCCCC5)CC4)CO3)C2)cc1F. The molecule has 0 bridgehead atoms. The van der Waals surface area contributed by atoms with Crippen molar-refractivity contribution in [3.63, 3.8) is 0 Å². The summed E-state index contributed by atoms with van der Waals surface area (Å²) in [6, 6.07) is 15.6. The number of amides is 2. The van der Waals surface area contributed by atoms with Crippen molar-refractivity contribution in [2.45, 2.75) is 94.0 Å². The van der Waals surface area contributed by atoms with Crippen LogP contribution in [0.3, 0.4) is 0 Å². The molecule has 3 aromatic carbocycles. The number of aromatic nitrogens is 2. The molecule has 2 amide bonds. The molecule has 1 atom stereocenters. The second-order valence-electron chi connectivity index (χ2n) is 17.2. The fourth-order valence-corrected chi connectivity index (χ4v) is 11.4. The number of hydrogen-bond acceptors (Lipinski definition) is 7. The first-order valence-corrected chi connectivity index (χ1v) is 21.3. The van der Waals surface area contributed by atoms with E-state index < -0.39 is 29.1 Å². The predicted octanol–water partition coefficient (Wildman–Crippen LogP) is 7.90. The van der Waals surface area contributed by atoms with E-state index in [2.05, 4.69) is 49.7 Å². The summed E-state index contributed by atoms with van der Waals surface area (Å²) in [5, 5.41) is 0.643. The predicted molar refractivity (Wildman–Crippen MR) is 214 cm³/mol. The van der Waals surface area contributed by atoms with Crippen molar-refractivity contribution in [1.29, 1.82) is 0 Å². The Balaban J connectivity index is 0.772. The minimum absolute atomic E-state index is 0.101. The van der Waals surface area contributed by atoms with Crippen molar-refractivity contribution in [1.82, 2.24) is 14.5 Å². The number of hydrogen-bond donors (Lipinski definition) is 0. The van der Waals surface area contributed by atoms with Gasteiger partial charge in [-0.1, -0.05) is 37.5 Å². The Hall–Kier alpha value is -4.00. The van der Waals surface area contributed by atoms with Gasteiger partial charge in [0.2, 0.25) is 11.8 Å². The Morgan fingerprint density at radius 1 is 0.857 bits per heavy atom. The van der Waals surface area contributed by atoms with Crippen LogP contribution >= 0.6 is 15.9 Å². The molecule has 0 radical (unpaired) electrons. The molecule has 292 valence electrons. The molecule has 0 N–H and O–H groups in total. The maximum absolute atomic E-state index is 15.2. The lowest BCUT2D eigenvalue weighted by Crippen LogP contribution is -2.65. The zero-order valence-corrected chi connectivity index (χ0v) is 33.1. The summed E-state index contributed by atoms with van der Waals surface area (Å²) < 4.78 is 39.9. The van der Waals surface area contributed by atoms with Crippen molar-refractivity contribution in [2.75, 3.05) is 49.1 Å². The van der Waals surface area contributed by atoms with Crippen LogP contribution < -0.4 is 15.4 Å². The zero-order valence-electron chi connectivity index (χ0n) is 31.5. The van der Waals surface area contributed by atoms with Crippen molar-refractivity contribution >= 4 is 50.0 Å². The summed E-state index contributed by atoms with van der Waals surface area (Å²) >= 11 is 3.64. The summed E-state index contributed by atoms with van der Waals surface area (Å²) in [5.41, 5.74) is 3.96. The van der Waals surface area contributed by atoms with E-state index in [1.807, 2.05) is 17.0 Å². The van der Waals surface area contributed by atoms with E-state index in [9.17, 15) is 14.4 Å². The molecular formula is C44H46BrF2N5O4. The fourth-order valence-electron chi connectivity index (χ4n) is 10.9. The number of carbonyl (C=O) groups is 2. The topological polar surface area (TPSA) is 88.0 Å². The lowest BCUT2D eigenvalue weighted by molar-refractivity contribution is -0.129. The molecule has 2 spiro atoms. The lowest BCUT2D eigenvalue weighted by atomic mass is 9.69. The number of benzene rings is 3. The maximum Gasteiger partial charge on any atom is 0.281 e. The van der Waals surface area contributed by atoms with Gasteiger partial charge in [0.05, 0.1) is 28.6 Å². The van der Waals surface area contributed by atoms with Gasteiger partial charge in [-0.3, -0.25) is 19.0 Å². The van der Waals surface area contributed by atoms with E-state index >= 15 is 8.78 Å². The first-order chi connectivity index (χ1) is 27.1. The van der Waals surface area contributed by atoms with Crippen LogP contribution in [0, 0.1) is 17.6 Å². The highest BCUT2D eigenvalue weighted by atomic mass is 79.9. The molecule has 6 aliphatic rings. The average Bonchev–Trinajstić information content (AvgIpc) is 3.43. The number of halogens is 3. The number of anilines is 2. The summed E-state index contributed by atoms with van der Waals surface area (Å²) in [4.78, 5) is 48.0. The van der Waals surface area contributed by atoms with E-state index in [0.29, 0.717) is 53.9 Å². The Kier molecular flexibility index (Phi) is 8.98. The monoisotopic (exact) mass is 825 g/mol. The largest absolute Gasteiger partial charge is 0.371 e. The van der Waals surface area contributed by atoms with E-state index in [1.165, 1.54) is 35.4 Å². The Morgan fingerprint density at radius 3 is 2.29 bits per heavy atom. The van der Waals surface area contributed by atoms with Gasteiger partial charge in [-0.25, -0.2) is 13.7 Å². The number of nitrogens with zero attached hydrogens (tertiary/aromatic N) is 5. The zero-order chi connectivity index (χ0) is 38.3. The van der Waals surface area contributed by atoms with E-state index in [0.717, 1.165) is 86.8 Å². The van der Waals surface area contributed by atoms with Gasteiger partial charge in [-0.05, 0) is 127 Å². The van der Waals surface area contributed by atoms with Gasteiger partial charge >= 0.3 is 0 Å². The molecule has 1 saturated carbocycles. The first kappa shape index (κ1) is 36.3. The molecule has 5 aliphatic heterocycles. The second kappa shape index (κ2) is 13.8. The lowest BCUT2D eigenvalue weighted by Gasteiger charge is -2.54. The highest BCUT2D eigenvalue weighted by Gasteiger charge is 2.49. The van der Waals surface area contributed by atoms with Crippen LogP contribution in [-0.4, -0.2) is 71.2 Å². The van der Waals surface area contributed by atoms with Gasteiger partial charge in [0, 0.05) is 42.6 Å². The van der Waals surface area contributed by atoms with Gasteiger partial charge in [0.25, 0.3) is 5.56 Å². The molecule has 9 nitrogen and oxygen atoms in total. The van der Waals surface area contributed by atoms with Crippen LogP contribution in [0.25, 0.3) is 16.6 Å². The third-order valence-electron chi connectivity index (χ3n) is 13.8. The minimum Gasteiger partial charge on any atom is -0.371 e. The summed E-state index contributed by atoms with van der Waals surface area (Å²) in [6.07, 6.45) is 10.3. The standard InChI is InChI=1S/C44H46BrF2N5O4/c45-32-6-4-7-35-39(32)41(55)48-42-44(15-2-1-3-16-44)31-11-10-29(20-36(31)51(35)42)28-13-18-49(19-14-28)23-27-12-17-43(56-24-27)25-50(26-43)30-21-33(46)40(34(47)22-30)52-37(53)8-5-9-38(52)54/h4,6-7,10-11,20-22,27-28H,1-3,5,8-9,12-19,23-26H2. The van der Waals surface area contributed by atoms with Crippen molar-refractivity contribution in [3.05, 3.63) is 91.9 Å². The molecule has 1 aromatic heterocycles. The van der Waals surface area contributed by atoms with E-state index in [4.69, 9.17) is 9.72 Å². The number of fused-ring (bicyclic) bond motifs is 7. The second-order valence-corrected chi connectivity index (χ2v) is 18.0. The molecule has 1 unspecified atom stereocenters. The molecule has 4 aromatic rings.